The summed E-state index contributed by atoms with van der Waals surface area (Å²) in [5.41, 5.74) is 0. The zero-order chi connectivity index (χ0) is 7.98. The molecule has 5 heteroatoms. The summed E-state index contributed by atoms with van der Waals surface area (Å²) in [5.74, 6) is -0.160. The van der Waals surface area contributed by atoms with E-state index in [0.29, 0.717) is 6.42 Å². The van der Waals surface area contributed by atoms with Crippen LogP contribution in [0.25, 0.3) is 0 Å². The van der Waals surface area contributed by atoms with E-state index in [1.165, 1.54) is 11.9 Å². The molecule has 0 aliphatic carbocycles. The number of nitrogens with one attached hydrogen (secondary N) is 1. The minimum atomic E-state index is -1.02. The van der Waals surface area contributed by atoms with Crippen LogP contribution in [-0.2, 0) is 4.79 Å². The molecule has 0 saturated carbocycles. The fourth-order valence-corrected chi connectivity index (χ4v) is 1.11. The van der Waals surface area contributed by atoms with Crippen LogP contribution in [0.1, 0.15) is 20.3 Å². The molecule has 0 amide bonds. The van der Waals surface area contributed by atoms with Crippen molar-refractivity contribution in [3.63, 3.8) is 0 Å². The molecule has 0 radical (unpaired) electrons. The van der Waals surface area contributed by atoms with Gasteiger partial charge in [0.15, 0.2) is 0 Å². The van der Waals surface area contributed by atoms with Gasteiger partial charge in [0.25, 0.3) is 0 Å². The third kappa shape index (κ3) is 6.76. The van der Waals surface area contributed by atoms with E-state index in [-0.39, 0.29) is 18.9 Å². The van der Waals surface area contributed by atoms with Crippen LogP contribution in [0.2, 0.25) is 0 Å². The molecule has 0 rings (SSSR count). The van der Waals surface area contributed by atoms with Crippen LogP contribution in [0.3, 0.4) is 0 Å². The smallest absolute Gasteiger partial charge is 0.548 e. The maximum absolute atomic E-state index is 10.2. The van der Waals surface area contributed by atoms with E-state index in [0.717, 1.165) is 5.75 Å². The van der Waals surface area contributed by atoms with Crippen molar-refractivity contribution >= 4 is 17.9 Å². The van der Waals surface area contributed by atoms with Crippen LogP contribution in [0.4, 0.5) is 0 Å². The zero-order valence-electron chi connectivity index (χ0n) is 7.22. The van der Waals surface area contributed by atoms with E-state index in [9.17, 15) is 9.90 Å². The minimum absolute atomic E-state index is 0. The van der Waals surface area contributed by atoms with Crippen LogP contribution in [0.5, 0.6) is 0 Å². The van der Waals surface area contributed by atoms with E-state index in [1.807, 2.05) is 13.8 Å². The molecule has 1 atom stereocenters. The molecule has 0 saturated heterocycles. The molecular formula is C6H12LiNO2S. The van der Waals surface area contributed by atoms with Gasteiger partial charge in [0.2, 0.25) is 0 Å². The maximum atomic E-state index is 10.2. The fraction of sp³-hybridized carbons (Fsp3) is 0.833. The van der Waals surface area contributed by atoms with Crippen molar-refractivity contribution in [2.24, 2.45) is 0 Å². The van der Waals surface area contributed by atoms with Crippen LogP contribution in [0.15, 0.2) is 0 Å². The molecule has 1 N–H and O–H groups in total. The molecule has 1 unspecified atom stereocenters. The Balaban J connectivity index is 0. The van der Waals surface area contributed by atoms with Gasteiger partial charge in [-0.05, 0) is 6.42 Å². The molecule has 3 nitrogen and oxygen atoms in total. The Morgan fingerprint density at radius 1 is 1.64 bits per heavy atom. The van der Waals surface area contributed by atoms with Crippen molar-refractivity contribution < 1.29 is 28.8 Å². The van der Waals surface area contributed by atoms with Crippen LogP contribution in [-0.4, -0.2) is 17.8 Å². The monoisotopic (exact) mass is 169 g/mol. The number of rotatable bonds is 5. The van der Waals surface area contributed by atoms with Crippen molar-refractivity contribution in [2.75, 3.05) is 5.75 Å². The first-order valence-electron chi connectivity index (χ1n) is 3.30. The molecule has 60 valence electrons. The maximum Gasteiger partial charge on any atom is 1.00 e. The Morgan fingerprint density at radius 3 is 2.45 bits per heavy atom. The molecule has 0 aromatic heterocycles. The molecule has 0 aromatic carbocycles. The quantitative estimate of drug-likeness (QED) is 0.347. The van der Waals surface area contributed by atoms with Crippen molar-refractivity contribution in [3.05, 3.63) is 0 Å². The Hall–Kier alpha value is 0.377. The van der Waals surface area contributed by atoms with E-state index in [1.54, 1.807) is 0 Å². The number of carboxylic acids is 1. The average molecular weight is 169 g/mol. The van der Waals surface area contributed by atoms with Crippen molar-refractivity contribution in [1.29, 1.82) is 0 Å². The number of carboxylic acid groups (broad SMARTS) is 1. The van der Waals surface area contributed by atoms with Gasteiger partial charge in [-0.3, -0.25) is 4.72 Å². The molecule has 0 spiro atoms. The second-order valence-electron chi connectivity index (χ2n) is 1.83. The molecule has 0 bridgehead atoms. The number of carbonyl (C=O) groups excluding carboxylic acids is 1. The van der Waals surface area contributed by atoms with Gasteiger partial charge in [0.1, 0.15) is 0 Å². The fourth-order valence-electron chi connectivity index (χ4n) is 0.482. The third-order valence-corrected chi connectivity index (χ3v) is 1.80. The third-order valence-electron chi connectivity index (χ3n) is 1.06. The summed E-state index contributed by atoms with van der Waals surface area (Å²) < 4.78 is 2.77. The van der Waals surface area contributed by atoms with E-state index in [4.69, 9.17) is 0 Å². The molecule has 11 heavy (non-hydrogen) atoms. The van der Waals surface area contributed by atoms with Crippen LogP contribution in [0, 0.1) is 0 Å². The predicted molar refractivity (Wildman–Crippen MR) is 40.4 cm³/mol. The van der Waals surface area contributed by atoms with Crippen molar-refractivity contribution in [1.82, 2.24) is 4.72 Å². The van der Waals surface area contributed by atoms with Gasteiger partial charge in [0, 0.05) is 5.75 Å². The topological polar surface area (TPSA) is 52.2 Å². The van der Waals surface area contributed by atoms with Crippen LogP contribution < -0.4 is 28.7 Å². The van der Waals surface area contributed by atoms with Gasteiger partial charge in [-0.25, -0.2) is 0 Å². The van der Waals surface area contributed by atoms with E-state index < -0.39 is 12.0 Å². The summed E-state index contributed by atoms with van der Waals surface area (Å²) >= 11 is 1.40. The largest absolute Gasteiger partial charge is 1.00 e. The van der Waals surface area contributed by atoms with Crippen molar-refractivity contribution in [2.45, 2.75) is 26.3 Å². The second kappa shape index (κ2) is 8.47. The molecular weight excluding hydrogens is 157 g/mol. The minimum Gasteiger partial charge on any atom is -0.548 e. The summed E-state index contributed by atoms with van der Waals surface area (Å²) in [7, 11) is 0. The Labute approximate surface area is 83.6 Å². The van der Waals surface area contributed by atoms with Gasteiger partial charge >= 0.3 is 18.9 Å². The standard InChI is InChI=1S/C6H13NO2S.Li/c1-3-5(6(8)9)7-10-4-2;/h5,7H,3-4H2,1-2H3,(H,8,9);/q;+1/p-1. The van der Waals surface area contributed by atoms with Gasteiger partial charge in [-0.2, -0.15) is 0 Å². The number of carbonyl (C=O) groups is 1. The Bertz CT molecular complexity index is 113. The summed E-state index contributed by atoms with van der Waals surface area (Å²) in [6, 6.07) is -0.509. The molecule has 0 aliphatic heterocycles. The molecule has 0 aromatic rings. The first kappa shape index (κ1) is 13.9. The normalized spacial score (nSPS) is 11.8. The molecule has 0 heterocycles. The summed E-state index contributed by atoms with van der Waals surface area (Å²) in [6.45, 7) is 3.77. The second-order valence-corrected chi connectivity index (χ2v) is 2.93. The summed E-state index contributed by atoms with van der Waals surface area (Å²) in [4.78, 5) is 10.2. The first-order chi connectivity index (χ1) is 4.72. The first-order valence-corrected chi connectivity index (χ1v) is 4.29. The zero-order valence-corrected chi connectivity index (χ0v) is 8.03. The average Bonchev–Trinajstić information content (AvgIpc) is 1.89. The number of aliphatic carboxylic acids is 1. The van der Waals surface area contributed by atoms with Gasteiger partial charge in [-0.15, -0.1) is 0 Å². The van der Waals surface area contributed by atoms with Crippen LogP contribution >= 0.6 is 11.9 Å². The van der Waals surface area contributed by atoms with Gasteiger partial charge < -0.3 is 9.90 Å². The van der Waals surface area contributed by atoms with Gasteiger partial charge in [-0.1, -0.05) is 25.8 Å². The number of hydrogen-bond acceptors (Lipinski definition) is 4. The van der Waals surface area contributed by atoms with Gasteiger partial charge in [0.05, 0.1) is 12.0 Å². The Kier molecular flexibility index (Phi) is 10.7. The van der Waals surface area contributed by atoms with E-state index in [2.05, 4.69) is 4.72 Å². The molecule has 0 fully saturated rings. The molecule has 0 aliphatic rings. The number of hydrogen-bond donors (Lipinski definition) is 1. The van der Waals surface area contributed by atoms with Crippen molar-refractivity contribution in [3.8, 4) is 0 Å². The predicted octanol–water partition coefficient (Wildman–Crippen LogP) is -3.22. The summed E-state index contributed by atoms with van der Waals surface area (Å²) in [5, 5.41) is 10.2. The van der Waals surface area contributed by atoms with E-state index >= 15 is 0 Å². The SMILES string of the molecule is CCSNC(CC)C(=O)[O-].[Li+]. The summed E-state index contributed by atoms with van der Waals surface area (Å²) in [6.07, 6.45) is 0.565. The Morgan fingerprint density at radius 2 is 2.18 bits per heavy atom.